The number of amides is 1. The van der Waals surface area contributed by atoms with E-state index >= 15 is 0 Å². The first-order valence-corrected chi connectivity index (χ1v) is 6.62. The molecule has 21 heavy (non-hydrogen) atoms. The molecule has 116 valence electrons. The van der Waals surface area contributed by atoms with E-state index in [0.29, 0.717) is 18.5 Å². The number of nitrogens with zero attached hydrogens (tertiary/aromatic N) is 1. The van der Waals surface area contributed by atoms with Gasteiger partial charge in [-0.2, -0.15) is 0 Å². The molecule has 1 amide bonds. The maximum atomic E-state index is 13.7. The van der Waals surface area contributed by atoms with Crippen LogP contribution < -0.4 is 5.32 Å². The molecule has 0 aromatic heterocycles. The molecule has 0 bridgehead atoms. The molecule has 1 aromatic rings. The summed E-state index contributed by atoms with van der Waals surface area (Å²) in [5, 5.41) is 2.55. The van der Waals surface area contributed by atoms with Crippen molar-refractivity contribution in [2.75, 3.05) is 13.1 Å². The number of hydrogen-bond donors (Lipinski definition) is 1. The van der Waals surface area contributed by atoms with Crippen LogP contribution in [-0.2, 0) is 17.8 Å². The highest BCUT2D eigenvalue weighted by molar-refractivity contribution is 5.85. The van der Waals surface area contributed by atoms with Crippen molar-refractivity contribution in [3.8, 4) is 0 Å². The van der Waals surface area contributed by atoms with Crippen LogP contribution in [0.3, 0.4) is 0 Å². The highest BCUT2D eigenvalue weighted by atomic mass is 35.5. The van der Waals surface area contributed by atoms with Crippen molar-refractivity contribution in [1.82, 2.24) is 10.2 Å². The van der Waals surface area contributed by atoms with Gasteiger partial charge in [-0.05, 0) is 18.1 Å². The van der Waals surface area contributed by atoms with Crippen LogP contribution in [0, 0.1) is 5.82 Å². The van der Waals surface area contributed by atoms with Crippen molar-refractivity contribution in [1.29, 1.82) is 0 Å². The zero-order valence-electron chi connectivity index (χ0n) is 11.2. The van der Waals surface area contributed by atoms with Crippen LogP contribution in [0.15, 0.2) is 18.2 Å². The van der Waals surface area contributed by atoms with E-state index in [2.05, 4.69) is 5.32 Å². The average molecular weight is 321 g/mol. The number of rotatable bonds is 1. The molecule has 0 saturated carbocycles. The quantitative estimate of drug-likeness (QED) is 0.860. The monoisotopic (exact) mass is 320 g/mol. The van der Waals surface area contributed by atoms with E-state index < -0.39 is 24.9 Å². The predicted octanol–water partition coefficient (Wildman–Crippen LogP) is 2.13. The fourth-order valence-corrected chi connectivity index (χ4v) is 2.84. The molecule has 2 aliphatic heterocycles. The Hall–Kier alpha value is -1.27. The van der Waals surface area contributed by atoms with Gasteiger partial charge < -0.3 is 4.90 Å². The number of alkyl halides is 2. The van der Waals surface area contributed by atoms with Crippen LogP contribution in [0.5, 0.6) is 0 Å². The number of benzene rings is 1. The maximum absolute atomic E-state index is 13.7. The van der Waals surface area contributed by atoms with E-state index in [0.717, 1.165) is 5.56 Å². The van der Waals surface area contributed by atoms with Gasteiger partial charge in [-0.3, -0.25) is 10.1 Å². The molecule has 0 spiro atoms. The standard InChI is InChI=1S/C14H15F3N2O.ClH/c15-11-3-1-2-9-4-5-19(7-10(9)11)13(20)12-6-14(16,17)8-18-12;/h1-3,12,18H,4-8H2;1H. The first-order valence-electron chi connectivity index (χ1n) is 6.62. The van der Waals surface area contributed by atoms with Crippen molar-refractivity contribution in [2.24, 2.45) is 0 Å². The van der Waals surface area contributed by atoms with Crippen LogP contribution in [-0.4, -0.2) is 35.9 Å². The van der Waals surface area contributed by atoms with Crippen molar-refractivity contribution >= 4 is 18.3 Å². The Labute approximate surface area is 126 Å². The molecule has 1 atom stereocenters. The first kappa shape index (κ1) is 16.1. The number of halogens is 4. The molecule has 2 heterocycles. The predicted molar refractivity (Wildman–Crippen MR) is 74.1 cm³/mol. The number of carbonyl (C=O) groups is 1. The van der Waals surface area contributed by atoms with Gasteiger partial charge in [-0.25, -0.2) is 13.2 Å². The van der Waals surface area contributed by atoms with E-state index in [9.17, 15) is 18.0 Å². The number of nitrogens with one attached hydrogen (secondary N) is 1. The lowest BCUT2D eigenvalue weighted by Crippen LogP contribution is -2.45. The molecular weight excluding hydrogens is 305 g/mol. The molecule has 7 heteroatoms. The molecule has 1 saturated heterocycles. The van der Waals surface area contributed by atoms with Crippen LogP contribution in [0.4, 0.5) is 13.2 Å². The van der Waals surface area contributed by atoms with E-state index in [-0.39, 0.29) is 30.7 Å². The van der Waals surface area contributed by atoms with Crippen LogP contribution >= 0.6 is 12.4 Å². The molecule has 2 aliphatic rings. The van der Waals surface area contributed by atoms with Gasteiger partial charge in [0, 0.05) is 25.1 Å². The molecular formula is C14H16ClF3N2O. The topological polar surface area (TPSA) is 32.3 Å². The molecule has 0 aliphatic carbocycles. The van der Waals surface area contributed by atoms with Crippen LogP contribution in [0.2, 0.25) is 0 Å². The van der Waals surface area contributed by atoms with Gasteiger partial charge in [0.15, 0.2) is 0 Å². The third-order valence-electron chi connectivity index (χ3n) is 3.94. The highest BCUT2D eigenvalue weighted by Gasteiger charge is 2.43. The molecule has 1 fully saturated rings. The molecule has 1 N–H and O–H groups in total. The summed E-state index contributed by atoms with van der Waals surface area (Å²) in [5.41, 5.74) is 1.38. The second-order valence-electron chi connectivity index (χ2n) is 5.38. The van der Waals surface area contributed by atoms with Gasteiger partial charge in [-0.1, -0.05) is 12.1 Å². The largest absolute Gasteiger partial charge is 0.337 e. The lowest BCUT2D eigenvalue weighted by Gasteiger charge is -2.31. The summed E-state index contributed by atoms with van der Waals surface area (Å²) < 4.78 is 40.0. The van der Waals surface area contributed by atoms with Gasteiger partial charge in [-0.15, -0.1) is 12.4 Å². The average Bonchev–Trinajstić information content (AvgIpc) is 2.78. The summed E-state index contributed by atoms with van der Waals surface area (Å²) >= 11 is 0. The van der Waals surface area contributed by atoms with Gasteiger partial charge in [0.25, 0.3) is 5.92 Å². The van der Waals surface area contributed by atoms with E-state index in [1.54, 1.807) is 6.07 Å². The van der Waals surface area contributed by atoms with Crippen LogP contribution in [0.1, 0.15) is 17.5 Å². The van der Waals surface area contributed by atoms with E-state index in [1.165, 1.54) is 11.0 Å². The smallest absolute Gasteiger partial charge is 0.262 e. The number of hydrogen-bond acceptors (Lipinski definition) is 2. The molecule has 3 rings (SSSR count). The minimum absolute atomic E-state index is 0. The molecule has 1 unspecified atom stereocenters. The fraction of sp³-hybridized carbons (Fsp3) is 0.500. The summed E-state index contributed by atoms with van der Waals surface area (Å²) in [4.78, 5) is 13.7. The van der Waals surface area contributed by atoms with E-state index in [4.69, 9.17) is 0 Å². The Morgan fingerprint density at radius 2 is 2.14 bits per heavy atom. The van der Waals surface area contributed by atoms with Gasteiger partial charge in [0.05, 0.1) is 12.6 Å². The second kappa shape index (κ2) is 5.85. The van der Waals surface area contributed by atoms with Crippen molar-refractivity contribution in [3.05, 3.63) is 35.1 Å². The Morgan fingerprint density at radius 1 is 1.38 bits per heavy atom. The normalized spacial score (nSPS) is 23.4. The minimum Gasteiger partial charge on any atom is -0.337 e. The maximum Gasteiger partial charge on any atom is 0.262 e. The van der Waals surface area contributed by atoms with Gasteiger partial charge in [0.2, 0.25) is 5.91 Å². The summed E-state index contributed by atoms with van der Waals surface area (Å²) in [6, 6.07) is 3.97. The van der Waals surface area contributed by atoms with Gasteiger partial charge >= 0.3 is 0 Å². The highest BCUT2D eigenvalue weighted by Crippen LogP contribution is 2.28. The number of carbonyl (C=O) groups excluding carboxylic acids is 1. The Balaban J connectivity index is 0.00000161. The minimum atomic E-state index is -2.83. The molecule has 0 radical (unpaired) electrons. The Kier molecular flexibility index (Phi) is 4.49. The summed E-state index contributed by atoms with van der Waals surface area (Å²) in [6.07, 6.45) is 0.0778. The summed E-state index contributed by atoms with van der Waals surface area (Å²) in [6.45, 7) is 0.131. The second-order valence-corrected chi connectivity index (χ2v) is 5.38. The summed E-state index contributed by atoms with van der Waals surface area (Å²) in [7, 11) is 0. The number of fused-ring (bicyclic) bond motifs is 1. The fourth-order valence-electron chi connectivity index (χ4n) is 2.84. The van der Waals surface area contributed by atoms with Crippen LogP contribution in [0.25, 0.3) is 0 Å². The SMILES string of the molecule is Cl.O=C(C1CC(F)(F)CN1)N1CCc2cccc(F)c2C1. The zero-order chi connectivity index (χ0) is 14.3. The summed E-state index contributed by atoms with van der Waals surface area (Å²) in [5.74, 6) is -3.54. The lowest BCUT2D eigenvalue weighted by atomic mass is 9.98. The third-order valence-corrected chi connectivity index (χ3v) is 3.94. The zero-order valence-corrected chi connectivity index (χ0v) is 12.1. The van der Waals surface area contributed by atoms with Crippen molar-refractivity contribution in [3.63, 3.8) is 0 Å². The Bertz CT molecular complexity index is 553. The molecule has 3 nitrogen and oxygen atoms in total. The Morgan fingerprint density at radius 3 is 2.81 bits per heavy atom. The van der Waals surface area contributed by atoms with Gasteiger partial charge in [0.1, 0.15) is 5.82 Å². The first-order chi connectivity index (χ1) is 9.46. The van der Waals surface area contributed by atoms with E-state index in [1.807, 2.05) is 6.07 Å². The van der Waals surface area contributed by atoms with Crippen molar-refractivity contribution < 1.29 is 18.0 Å². The third kappa shape index (κ3) is 3.16. The lowest BCUT2D eigenvalue weighted by molar-refractivity contribution is -0.134. The van der Waals surface area contributed by atoms with Crippen molar-refractivity contribution in [2.45, 2.75) is 31.4 Å². The molecule has 1 aromatic carbocycles.